The van der Waals surface area contributed by atoms with Gasteiger partial charge < -0.3 is 20.3 Å². The number of nitrogens with zero attached hydrogens (tertiary/aromatic N) is 1. The molecule has 1 aromatic heterocycles. The van der Waals surface area contributed by atoms with Crippen molar-refractivity contribution in [1.82, 2.24) is 10.3 Å². The second-order valence-electron chi connectivity index (χ2n) is 7.11. The molecule has 1 fully saturated rings. The summed E-state index contributed by atoms with van der Waals surface area (Å²) in [6.45, 7) is 1.50. The number of aliphatic hydroxyl groups is 1. The molecule has 0 bridgehead atoms. The first-order valence-electron chi connectivity index (χ1n) is 9.22. The molecule has 0 unspecified atom stereocenters. The Morgan fingerprint density at radius 3 is 2.83 bits per heavy atom. The quantitative estimate of drug-likeness (QED) is 0.597. The number of fused-ring (bicyclic) bond motifs is 1. The lowest BCUT2D eigenvalue weighted by molar-refractivity contribution is -0.138. The Bertz CT molecular complexity index is 824. The van der Waals surface area contributed by atoms with Crippen molar-refractivity contribution in [2.75, 3.05) is 20.2 Å². The van der Waals surface area contributed by atoms with Gasteiger partial charge in [-0.15, -0.1) is 24.8 Å². The lowest BCUT2D eigenvalue weighted by Gasteiger charge is -2.32. The summed E-state index contributed by atoms with van der Waals surface area (Å²) < 4.78 is 19.7. The number of aliphatic hydroxyl groups excluding tert-OH is 1. The second kappa shape index (κ2) is 11.5. The highest BCUT2D eigenvalue weighted by atomic mass is 35.5. The van der Waals surface area contributed by atoms with Crippen LogP contribution in [0.5, 0.6) is 5.75 Å². The fourth-order valence-electron chi connectivity index (χ4n) is 3.97. The summed E-state index contributed by atoms with van der Waals surface area (Å²) in [5.41, 5.74) is 0.819. The van der Waals surface area contributed by atoms with Crippen LogP contribution in [0.15, 0.2) is 24.4 Å². The number of aromatic nitrogens is 1. The zero-order valence-electron chi connectivity index (χ0n) is 16.1. The number of carboxylic acids is 1. The molecule has 0 amide bonds. The van der Waals surface area contributed by atoms with E-state index in [1.165, 1.54) is 7.11 Å². The summed E-state index contributed by atoms with van der Waals surface area (Å²) in [5, 5.41) is 23.6. The molecular formula is C20H27Cl2FN2O4. The van der Waals surface area contributed by atoms with Crippen LogP contribution in [0.1, 0.15) is 37.4 Å². The predicted molar refractivity (Wildman–Crippen MR) is 114 cm³/mol. The molecule has 3 atom stereocenters. The van der Waals surface area contributed by atoms with Crippen LogP contribution in [-0.2, 0) is 4.79 Å². The number of carboxylic acid groups (broad SMARTS) is 1. The molecule has 1 saturated heterocycles. The fraction of sp³-hybridized carbons (Fsp3) is 0.500. The number of carbonyl (C=O) groups is 1. The number of hydrogen-bond donors (Lipinski definition) is 3. The number of pyridine rings is 1. The van der Waals surface area contributed by atoms with Gasteiger partial charge in [-0.3, -0.25) is 9.78 Å². The minimum Gasteiger partial charge on any atom is -0.497 e. The van der Waals surface area contributed by atoms with E-state index in [1.54, 1.807) is 18.2 Å². The molecule has 0 spiro atoms. The van der Waals surface area contributed by atoms with Gasteiger partial charge in [0.1, 0.15) is 11.6 Å². The van der Waals surface area contributed by atoms with E-state index < -0.39 is 17.9 Å². The molecule has 1 aliphatic rings. The lowest BCUT2D eigenvalue weighted by Crippen LogP contribution is -2.37. The minimum absolute atomic E-state index is 0. The maximum Gasteiger partial charge on any atom is 0.303 e. The van der Waals surface area contributed by atoms with Gasteiger partial charge in [0.15, 0.2) is 0 Å². The highest BCUT2D eigenvalue weighted by Gasteiger charge is 2.28. The lowest BCUT2D eigenvalue weighted by atomic mass is 9.80. The third-order valence-electron chi connectivity index (χ3n) is 5.41. The Labute approximate surface area is 181 Å². The van der Waals surface area contributed by atoms with Gasteiger partial charge in [0.2, 0.25) is 0 Å². The Morgan fingerprint density at radius 1 is 1.38 bits per heavy atom. The van der Waals surface area contributed by atoms with Crippen molar-refractivity contribution in [3.63, 3.8) is 0 Å². The summed E-state index contributed by atoms with van der Waals surface area (Å²) in [5.74, 6) is -0.559. The molecular weight excluding hydrogens is 422 g/mol. The topological polar surface area (TPSA) is 91.7 Å². The normalized spacial score (nSPS) is 19.7. The van der Waals surface area contributed by atoms with E-state index in [9.17, 15) is 14.3 Å². The first kappa shape index (κ1) is 25.4. The molecule has 1 aliphatic heterocycles. The highest BCUT2D eigenvalue weighted by molar-refractivity contribution is 5.86. The van der Waals surface area contributed by atoms with E-state index in [1.807, 2.05) is 0 Å². The predicted octanol–water partition coefficient (Wildman–Crippen LogP) is 3.74. The summed E-state index contributed by atoms with van der Waals surface area (Å²) in [4.78, 5) is 15.2. The van der Waals surface area contributed by atoms with E-state index in [4.69, 9.17) is 9.84 Å². The van der Waals surface area contributed by atoms with Crippen molar-refractivity contribution < 1.29 is 24.1 Å². The molecule has 1 aromatic carbocycles. The molecule has 3 rings (SSSR count). The van der Waals surface area contributed by atoms with Crippen LogP contribution in [0.2, 0.25) is 0 Å². The molecule has 0 radical (unpaired) electrons. The van der Waals surface area contributed by atoms with Gasteiger partial charge in [0, 0.05) is 17.4 Å². The number of methoxy groups -OCH3 is 1. The number of hydrogen-bond acceptors (Lipinski definition) is 5. The van der Waals surface area contributed by atoms with Crippen LogP contribution in [0.3, 0.4) is 0 Å². The number of rotatable bonds is 7. The first-order valence-corrected chi connectivity index (χ1v) is 9.22. The standard InChI is InChI=1S/C20H25FN2O4.2ClH/c1-27-14-3-4-17-15(9-14)20(16(21)11-23-17)18(24)5-2-12-6-7-22-10-13(12)8-19(25)26;;/h3-4,9,11-13,18,22,24H,2,5-8,10H2,1H3,(H,25,26);2*1H/t12-,13-,18+;;/m1../s1. The summed E-state index contributed by atoms with van der Waals surface area (Å²) in [6.07, 6.45) is 2.13. The second-order valence-corrected chi connectivity index (χ2v) is 7.11. The molecule has 0 aliphatic carbocycles. The van der Waals surface area contributed by atoms with Crippen molar-refractivity contribution in [1.29, 1.82) is 0 Å². The largest absolute Gasteiger partial charge is 0.497 e. The minimum atomic E-state index is -0.983. The van der Waals surface area contributed by atoms with Crippen LogP contribution in [0.4, 0.5) is 4.39 Å². The average molecular weight is 449 g/mol. The van der Waals surface area contributed by atoms with E-state index >= 15 is 0 Å². The van der Waals surface area contributed by atoms with Crippen molar-refractivity contribution in [2.45, 2.75) is 31.8 Å². The monoisotopic (exact) mass is 448 g/mol. The van der Waals surface area contributed by atoms with Crippen molar-refractivity contribution >= 4 is 41.7 Å². The number of halogens is 3. The SMILES string of the molecule is COc1ccc2ncc(F)c([C@@H](O)CC[C@@H]3CCNC[C@H]3CC(=O)O)c2c1.Cl.Cl. The molecule has 2 aromatic rings. The molecule has 0 saturated carbocycles. The van der Waals surface area contributed by atoms with Crippen molar-refractivity contribution in [3.05, 3.63) is 35.8 Å². The molecule has 9 heteroatoms. The Kier molecular flexibility index (Phi) is 10.1. The molecule has 3 N–H and O–H groups in total. The zero-order valence-corrected chi connectivity index (χ0v) is 17.8. The number of nitrogens with one attached hydrogen (secondary N) is 1. The molecule has 29 heavy (non-hydrogen) atoms. The van der Waals surface area contributed by atoms with E-state index in [-0.39, 0.29) is 48.6 Å². The fourth-order valence-corrected chi connectivity index (χ4v) is 3.97. The number of aliphatic carboxylic acids is 1. The Balaban J connectivity index is 0.00000210. The van der Waals surface area contributed by atoms with Crippen LogP contribution in [0, 0.1) is 17.7 Å². The highest BCUT2D eigenvalue weighted by Crippen LogP contribution is 2.34. The smallest absolute Gasteiger partial charge is 0.303 e. The number of benzene rings is 1. The van der Waals surface area contributed by atoms with Gasteiger partial charge in [0.05, 0.1) is 24.9 Å². The van der Waals surface area contributed by atoms with E-state index in [0.29, 0.717) is 36.0 Å². The van der Waals surface area contributed by atoms with Gasteiger partial charge in [0.25, 0.3) is 0 Å². The summed E-state index contributed by atoms with van der Waals surface area (Å²) in [6, 6.07) is 5.16. The van der Waals surface area contributed by atoms with Gasteiger partial charge in [-0.05, 0) is 62.4 Å². The maximum absolute atomic E-state index is 14.5. The zero-order chi connectivity index (χ0) is 19.4. The van der Waals surface area contributed by atoms with Crippen LogP contribution in [-0.4, -0.2) is 41.4 Å². The van der Waals surface area contributed by atoms with Gasteiger partial charge in [-0.2, -0.15) is 0 Å². The maximum atomic E-state index is 14.5. The molecule has 2 heterocycles. The van der Waals surface area contributed by atoms with Crippen molar-refractivity contribution in [2.24, 2.45) is 11.8 Å². The Hall–Kier alpha value is -1.67. The van der Waals surface area contributed by atoms with Crippen molar-refractivity contribution in [3.8, 4) is 5.75 Å². The Morgan fingerprint density at radius 2 is 2.14 bits per heavy atom. The van der Waals surface area contributed by atoms with E-state index in [0.717, 1.165) is 19.2 Å². The third kappa shape index (κ3) is 6.15. The summed E-state index contributed by atoms with van der Waals surface area (Å²) >= 11 is 0. The molecule has 162 valence electrons. The van der Waals surface area contributed by atoms with Crippen LogP contribution in [0.25, 0.3) is 10.9 Å². The van der Waals surface area contributed by atoms with Crippen LogP contribution >= 0.6 is 24.8 Å². The van der Waals surface area contributed by atoms with Crippen LogP contribution < -0.4 is 10.1 Å². The third-order valence-corrected chi connectivity index (χ3v) is 5.41. The van der Waals surface area contributed by atoms with Gasteiger partial charge >= 0.3 is 5.97 Å². The average Bonchev–Trinajstić information content (AvgIpc) is 2.66. The number of piperidine rings is 1. The number of ether oxygens (including phenoxy) is 1. The van der Waals surface area contributed by atoms with E-state index in [2.05, 4.69) is 10.3 Å². The van der Waals surface area contributed by atoms with Gasteiger partial charge in [-0.1, -0.05) is 0 Å². The first-order chi connectivity index (χ1) is 13.0. The molecule has 6 nitrogen and oxygen atoms in total. The summed E-state index contributed by atoms with van der Waals surface area (Å²) in [7, 11) is 1.53. The van der Waals surface area contributed by atoms with Gasteiger partial charge in [-0.25, -0.2) is 4.39 Å².